The Kier molecular flexibility index (Phi) is 5.98. The Morgan fingerprint density at radius 2 is 2.20 bits per heavy atom. The zero-order valence-electron chi connectivity index (χ0n) is 13.4. The molecule has 1 aromatic carbocycles. The number of ether oxygens (including phenoxy) is 2. The highest BCUT2D eigenvalue weighted by Gasteiger charge is 2.14. The molecule has 7 nitrogen and oxygen atoms in total. The molecular weight excluding hydrogens is 341 g/mol. The van der Waals surface area contributed by atoms with Crippen LogP contribution in [0, 0.1) is 5.95 Å². The molecule has 0 aliphatic rings. The second-order valence-electron chi connectivity index (χ2n) is 4.65. The number of rotatable bonds is 7. The molecule has 1 N–H and O–H groups in total. The quantitative estimate of drug-likeness (QED) is 0.610. The van der Waals surface area contributed by atoms with Crippen molar-refractivity contribution in [2.75, 3.05) is 7.11 Å². The molecule has 2 aromatic rings. The van der Waals surface area contributed by atoms with Crippen molar-refractivity contribution in [2.24, 2.45) is 5.10 Å². The predicted molar refractivity (Wildman–Crippen MR) is 82.5 cm³/mol. The molecular formula is C15H15F3N4O3. The summed E-state index contributed by atoms with van der Waals surface area (Å²) in [7, 11) is 1.25. The minimum atomic E-state index is -3.02. The number of amides is 1. The fraction of sp³-hybridized carbons (Fsp3) is 0.267. The first-order valence-corrected chi connectivity index (χ1v) is 7.13. The van der Waals surface area contributed by atoms with Crippen LogP contribution in [0.15, 0.2) is 29.5 Å². The molecule has 134 valence electrons. The highest BCUT2D eigenvalue weighted by Crippen LogP contribution is 2.29. The summed E-state index contributed by atoms with van der Waals surface area (Å²) in [5.41, 5.74) is 2.40. The van der Waals surface area contributed by atoms with Crippen molar-refractivity contribution >= 4 is 12.1 Å². The molecule has 0 aliphatic heterocycles. The third-order valence-corrected chi connectivity index (χ3v) is 3.11. The second-order valence-corrected chi connectivity index (χ2v) is 4.65. The number of nitrogens with zero attached hydrogens (tertiary/aromatic N) is 3. The molecule has 0 aliphatic carbocycles. The van der Waals surface area contributed by atoms with Crippen molar-refractivity contribution in [3.8, 4) is 11.5 Å². The summed E-state index contributed by atoms with van der Waals surface area (Å²) < 4.78 is 48.6. The van der Waals surface area contributed by atoms with Gasteiger partial charge in [0, 0.05) is 12.1 Å². The van der Waals surface area contributed by atoms with Gasteiger partial charge in [0.1, 0.15) is 0 Å². The van der Waals surface area contributed by atoms with E-state index in [-0.39, 0.29) is 22.6 Å². The Bertz CT molecular complexity index is 777. The number of nitrogens with one attached hydrogen (secondary N) is 1. The molecule has 1 aromatic heterocycles. The van der Waals surface area contributed by atoms with Gasteiger partial charge in [-0.25, -0.2) is 10.1 Å². The lowest BCUT2D eigenvalue weighted by Crippen LogP contribution is -2.18. The van der Waals surface area contributed by atoms with Crippen LogP contribution in [0.25, 0.3) is 0 Å². The van der Waals surface area contributed by atoms with Gasteiger partial charge in [0.2, 0.25) is 5.95 Å². The van der Waals surface area contributed by atoms with Crippen LogP contribution in [-0.2, 0) is 6.54 Å². The van der Waals surface area contributed by atoms with Gasteiger partial charge in [-0.1, -0.05) is 0 Å². The molecule has 25 heavy (non-hydrogen) atoms. The predicted octanol–water partition coefficient (Wildman–Crippen LogP) is 2.42. The molecule has 0 saturated heterocycles. The zero-order chi connectivity index (χ0) is 18.4. The van der Waals surface area contributed by atoms with Gasteiger partial charge in [-0.15, -0.1) is 0 Å². The first-order valence-electron chi connectivity index (χ1n) is 7.13. The van der Waals surface area contributed by atoms with E-state index in [0.29, 0.717) is 6.54 Å². The minimum Gasteiger partial charge on any atom is -0.493 e. The van der Waals surface area contributed by atoms with Gasteiger partial charge in [-0.05, 0) is 25.1 Å². The maximum atomic E-state index is 13.7. The average molecular weight is 356 g/mol. The van der Waals surface area contributed by atoms with Gasteiger partial charge < -0.3 is 9.47 Å². The van der Waals surface area contributed by atoms with Crippen LogP contribution in [0.5, 0.6) is 11.5 Å². The summed E-state index contributed by atoms with van der Waals surface area (Å²) in [6, 6.07) is 3.66. The fourth-order valence-electron chi connectivity index (χ4n) is 1.92. The van der Waals surface area contributed by atoms with E-state index >= 15 is 0 Å². The molecule has 0 saturated carbocycles. The van der Waals surface area contributed by atoms with E-state index in [1.807, 2.05) is 0 Å². The number of aryl methyl sites for hydroxylation is 1. The van der Waals surface area contributed by atoms with E-state index in [4.69, 9.17) is 4.74 Å². The number of methoxy groups -OCH3 is 1. The van der Waals surface area contributed by atoms with Gasteiger partial charge in [0.25, 0.3) is 5.91 Å². The SMILES string of the molecule is CCn1ncc(/C=N/NC(=O)c2ccc(OC(F)F)c(OC)c2)c1F. The maximum Gasteiger partial charge on any atom is 0.387 e. The largest absolute Gasteiger partial charge is 0.493 e. The molecule has 0 radical (unpaired) electrons. The van der Waals surface area contributed by atoms with Crippen LogP contribution >= 0.6 is 0 Å². The lowest BCUT2D eigenvalue weighted by Gasteiger charge is -2.10. The number of halogens is 3. The van der Waals surface area contributed by atoms with Gasteiger partial charge in [-0.3, -0.25) is 4.79 Å². The van der Waals surface area contributed by atoms with Crippen molar-refractivity contribution in [3.63, 3.8) is 0 Å². The second kappa shape index (κ2) is 8.18. The molecule has 0 atom stereocenters. The van der Waals surface area contributed by atoms with Crippen molar-refractivity contribution in [1.29, 1.82) is 0 Å². The van der Waals surface area contributed by atoms with Crippen molar-refractivity contribution < 1.29 is 27.4 Å². The van der Waals surface area contributed by atoms with Crippen LogP contribution in [0.3, 0.4) is 0 Å². The summed E-state index contributed by atoms with van der Waals surface area (Å²) in [6.07, 6.45) is 2.38. The van der Waals surface area contributed by atoms with Crippen LogP contribution in [-0.4, -0.2) is 35.6 Å². The van der Waals surface area contributed by atoms with Crippen LogP contribution in [0.2, 0.25) is 0 Å². The Morgan fingerprint density at radius 1 is 1.44 bits per heavy atom. The first kappa shape index (κ1) is 18.3. The third-order valence-electron chi connectivity index (χ3n) is 3.11. The number of aromatic nitrogens is 2. The van der Waals surface area contributed by atoms with Gasteiger partial charge >= 0.3 is 6.61 Å². The third kappa shape index (κ3) is 4.49. The fourth-order valence-corrected chi connectivity index (χ4v) is 1.92. The molecule has 2 rings (SSSR count). The standard InChI is InChI=1S/C15H15F3N4O3/c1-3-22-13(16)10(8-20-22)7-19-21-14(23)9-4-5-11(25-15(17)18)12(6-9)24-2/h4-8,15H,3H2,1-2H3,(H,21,23)/b19-7+. The maximum absolute atomic E-state index is 13.7. The number of alkyl halides is 2. The van der Waals surface area contributed by atoms with Crippen molar-refractivity contribution in [2.45, 2.75) is 20.1 Å². The summed E-state index contributed by atoms with van der Waals surface area (Å²) in [5.74, 6) is -1.45. The summed E-state index contributed by atoms with van der Waals surface area (Å²) in [6.45, 7) is -0.927. The number of carbonyl (C=O) groups excluding carboxylic acids is 1. The molecule has 1 amide bonds. The van der Waals surface area contributed by atoms with Crippen molar-refractivity contribution in [3.05, 3.63) is 41.5 Å². The van der Waals surface area contributed by atoms with Crippen LogP contribution in [0.1, 0.15) is 22.8 Å². The van der Waals surface area contributed by atoms with E-state index < -0.39 is 18.5 Å². The Labute approximate surface area is 141 Å². The summed E-state index contributed by atoms with van der Waals surface area (Å²) in [5, 5.41) is 7.43. The number of hydrogen-bond acceptors (Lipinski definition) is 5. The molecule has 0 fully saturated rings. The highest BCUT2D eigenvalue weighted by molar-refractivity contribution is 5.95. The van der Waals surface area contributed by atoms with Crippen LogP contribution < -0.4 is 14.9 Å². The van der Waals surface area contributed by atoms with Crippen LogP contribution in [0.4, 0.5) is 13.2 Å². The topological polar surface area (TPSA) is 77.7 Å². The van der Waals surface area contributed by atoms with E-state index in [0.717, 1.165) is 10.9 Å². The molecule has 10 heteroatoms. The van der Waals surface area contributed by atoms with Gasteiger partial charge in [0.15, 0.2) is 11.5 Å². The Morgan fingerprint density at radius 3 is 2.80 bits per heavy atom. The van der Waals surface area contributed by atoms with Crippen molar-refractivity contribution in [1.82, 2.24) is 15.2 Å². The Hall–Kier alpha value is -3.04. The molecule has 1 heterocycles. The van der Waals surface area contributed by atoms with Gasteiger partial charge in [-0.2, -0.15) is 23.4 Å². The molecule has 0 bridgehead atoms. The number of hydrazone groups is 1. The minimum absolute atomic E-state index is 0.0350. The molecule has 0 spiro atoms. The van der Waals surface area contributed by atoms with E-state index in [2.05, 4.69) is 20.4 Å². The van der Waals surface area contributed by atoms with E-state index in [1.165, 1.54) is 31.5 Å². The summed E-state index contributed by atoms with van der Waals surface area (Å²) >= 11 is 0. The summed E-state index contributed by atoms with van der Waals surface area (Å²) in [4.78, 5) is 12.0. The lowest BCUT2D eigenvalue weighted by molar-refractivity contribution is -0.0512. The number of benzene rings is 1. The highest BCUT2D eigenvalue weighted by atomic mass is 19.3. The monoisotopic (exact) mass is 356 g/mol. The number of hydrogen-bond donors (Lipinski definition) is 1. The molecule has 0 unspecified atom stereocenters. The Balaban J connectivity index is 2.07. The van der Waals surface area contributed by atoms with Gasteiger partial charge in [0.05, 0.1) is 25.1 Å². The smallest absolute Gasteiger partial charge is 0.387 e. The van der Waals surface area contributed by atoms with E-state index in [9.17, 15) is 18.0 Å². The zero-order valence-corrected chi connectivity index (χ0v) is 13.4. The first-order chi connectivity index (χ1) is 12.0. The number of carbonyl (C=O) groups is 1. The van der Waals surface area contributed by atoms with E-state index in [1.54, 1.807) is 6.92 Å². The normalized spacial score (nSPS) is 11.1. The average Bonchev–Trinajstić information content (AvgIpc) is 2.94. The lowest BCUT2D eigenvalue weighted by atomic mass is 10.2.